The molecule has 0 aromatic carbocycles. The number of anilines is 1. The standard InChI is InChI=1S/C15H25N5O.2ClH/c1-19-9-2-10-20(11-15(19)5-7-16-8-6-15)14-17-13(21-18-14)12-3-4-12;;/h12,16H,2-11H2,1H3;2*1H. The van der Waals surface area contributed by atoms with E-state index in [0.29, 0.717) is 5.92 Å². The molecule has 132 valence electrons. The van der Waals surface area contributed by atoms with Gasteiger partial charge in [0.15, 0.2) is 0 Å². The number of aromatic nitrogens is 2. The van der Waals surface area contributed by atoms with Crippen molar-refractivity contribution < 1.29 is 4.52 Å². The number of piperidine rings is 1. The van der Waals surface area contributed by atoms with Crippen molar-refractivity contribution in [1.82, 2.24) is 20.4 Å². The molecule has 1 aromatic heterocycles. The lowest BCUT2D eigenvalue weighted by Gasteiger charge is -2.45. The third kappa shape index (κ3) is 3.76. The third-order valence-electron chi connectivity index (χ3n) is 5.39. The van der Waals surface area contributed by atoms with Gasteiger partial charge in [-0.05, 0) is 57.4 Å². The highest BCUT2D eigenvalue weighted by Crippen LogP contribution is 2.40. The van der Waals surface area contributed by atoms with Crippen LogP contribution in [0, 0.1) is 0 Å². The molecule has 1 spiro atoms. The predicted octanol–water partition coefficient (Wildman–Crippen LogP) is 2.05. The molecule has 2 aliphatic heterocycles. The van der Waals surface area contributed by atoms with Gasteiger partial charge in [0.1, 0.15) is 0 Å². The zero-order valence-electron chi connectivity index (χ0n) is 13.7. The molecule has 1 saturated carbocycles. The molecule has 0 atom stereocenters. The van der Waals surface area contributed by atoms with Crippen LogP contribution in [0.5, 0.6) is 0 Å². The first kappa shape index (κ1) is 18.8. The van der Waals surface area contributed by atoms with Crippen LogP contribution in [-0.2, 0) is 0 Å². The third-order valence-corrected chi connectivity index (χ3v) is 5.39. The van der Waals surface area contributed by atoms with Crippen molar-refractivity contribution in [3.8, 4) is 0 Å². The zero-order valence-corrected chi connectivity index (χ0v) is 15.3. The second kappa shape index (κ2) is 7.55. The highest BCUT2D eigenvalue weighted by molar-refractivity contribution is 5.85. The number of halogens is 2. The van der Waals surface area contributed by atoms with Crippen LogP contribution in [0.25, 0.3) is 0 Å². The van der Waals surface area contributed by atoms with Gasteiger partial charge >= 0.3 is 0 Å². The molecule has 3 heterocycles. The lowest BCUT2D eigenvalue weighted by molar-refractivity contribution is 0.0978. The van der Waals surface area contributed by atoms with Gasteiger partial charge in [0.2, 0.25) is 5.89 Å². The lowest BCUT2D eigenvalue weighted by Crippen LogP contribution is -2.57. The Morgan fingerprint density at radius 2 is 1.91 bits per heavy atom. The van der Waals surface area contributed by atoms with Gasteiger partial charge in [-0.3, -0.25) is 4.90 Å². The summed E-state index contributed by atoms with van der Waals surface area (Å²) in [5.74, 6) is 2.20. The van der Waals surface area contributed by atoms with E-state index in [1.165, 1.54) is 32.1 Å². The van der Waals surface area contributed by atoms with E-state index in [1.54, 1.807) is 0 Å². The Kier molecular flexibility index (Phi) is 6.16. The highest BCUT2D eigenvalue weighted by Gasteiger charge is 2.40. The average Bonchev–Trinajstić information content (AvgIpc) is 3.26. The largest absolute Gasteiger partial charge is 0.337 e. The minimum absolute atomic E-state index is 0. The minimum Gasteiger partial charge on any atom is -0.337 e. The number of hydrogen-bond acceptors (Lipinski definition) is 6. The summed E-state index contributed by atoms with van der Waals surface area (Å²) in [6.45, 7) is 5.43. The molecule has 8 heteroatoms. The van der Waals surface area contributed by atoms with Crippen molar-refractivity contribution in [2.24, 2.45) is 0 Å². The van der Waals surface area contributed by atoms with Crippen LogP contribution in [0.2, 0.25) is 0 Å². The minimum atomic E-state index is 0. The number of rotatable bonds is 2. The Labute approximate surface area is 150 Å². The summed E-state index contributed by atoms with van der Waals surface area (Å²) >= 11 is 0. The number of nitrogens with one attached hydrogen (secondary N) is 1. The molecule has 0 bridgehead atoms. The van der Waals surface area contributed by atoms with E-state index in [0.717, 1.165) is 44.6 Å². The van der Waals surface area contributed by atoms with Crippen molar-refractivity contribution in [1.29, 1.82) is 0 Å². The average molecular weight is 364 g/mol. The molecule has 0 unspecified atom stereocenters. The van der Waals surface area contributed by atoms with Gasteiger partial charge in [0, 0.05) is 31.1 Å². The fraction of sp³-hybridized carbons (Fsp3) is 0.867. The summed E-state index contributed by atoms with van der Waals surface area (Å²) in [4.78, 5) is 9.57. The monoisotopic (exact) mass is 363 g/mol. The summed E-state index contributed by atoms with van der Waals surface area (Å²) in [5, 5.41) is 7.74. The lowest BCUT2D eigenvalue weighted by atomic mass is 9.86. The summed E-state index contributed by atoms with van der Waals surface area (Å²) in [5.41, 5.74) is 0.266. The van der Waals surface area contributed by atoms with Gasteiger partial charge in [-0.15, -0.1) is 24.8 Å². The molecule has 4 rings (SSSR count). The van der Waals surface area contributed by atoms with Crippen molar-refractivity contribution >= 4 is 30.8 Å². The molecular formula is C15H27Cl2N5O. The van der Waals surface area contributed by atoms with Crippen molar-refractivity contribution in [3.05, 3.63) is 5.89 Å². The number of hydrogen-bond donors (Lipinski definition) is 1. The van der Waals surface area contributed by atoms with Crippen molar-refractivity contribution in [3.63, 3.8) is 0 Å². The molecule has 3 aliphatic rings. The van der Waals surface area contributed by atoms with Crippen molar-refractivity contribution in [2.75, 3.05) is 44.7 Å². The normalized spacial score (nSPS) is 24.7. The topological polar surface area (TPSA) is 57.4 Å². The summed E-state index contributed by atoms with van der Waals surface area (Å²) in [7, 11) is 2.28. The Morgan fingerprint density at radius 1 is 1.17 bits per heavy atom. The molecule has 0 amide bonds. The second-order valence-corrected chi connectivity index (χ2v) is 6.88. The second-order valence-electron chi connectivity index (χ2n) is 6.88. The summed E-state index contributed by atoms with van der Waals surface area (Å²) in [6.07, 6.45) is 5.99. The molecule has 1 aromatic rings. The van der Waals surface area contributed by atoms with E-state index in [9.17, 15) is 0 Å². The highest BCUT2D eigenvalue weighted by atomic mass is 35.5. The molecule has 0 radical (unpaired) electrons. The van der Waals surface area contributed by atoms with Crippen molar-refractivity contribution in [2.45, 2.75) is 43.6 Å². The number of likely N-dealkylation sites (N-methyl/N-ethyl adjacent to an activating group) is 1. The van der Waals surface area contributed by atoms with Crippen LogP contribution in [0.15, 0.2) is 4.52 Å². The fourth-order valence-corrected chi connectivity index (χ4v) is 3.75. The zero-order chi connectivity index (χ0) is 14.3. The SMILES string of the molecule is CN1CCCN(c2noc(C3CC3)n2)CC12CCNCC2.Cl.Cl. The van der Waals surface area contributed by atoms with Gasteiger partial charge in [0.25, 0.3) is 5.95 Å². The summed E-state index contributed by atoms with van der Waals surface area (Å²) in [6, 6.07) is 0. The smallest absolute Gasteiger partial charge is 0.266 e. The molecule has 2 saturated heterocycles. The van der Waals surface area contributed by atoms with Gasteiger partial charge in [0.05, 0.1) is 0 Å². The van der Waals surface area contributed by atoms with Crippen LogP contribution < -0.4 is 10.2 Å². The maximum Gasteiger partial charge on any atom is 0.266 e. The van der Waals surface area contributed by atoms with Crippen LogP contribution in [0.4, 0.5) is 5.95 Å². The molecule has 1 N–H and O–H groups in total. The van der Waals surface area contributed by atoms with E-state index >= 15 is 0 Å². The predicted molar refractivity (Wildman–Crippen MR) is 95.1 cm³/mol. The molecule has 1 aliphatic carbocycles. The fourth-order valence-electron chi connectivity index (χ4n) is 3.75. The van der Waals surface area contributed by atoms with Gasteiger partial charge in [-0.2, -0.15) is 4.98 Å². The Bertz CT molecular complexity index is 502. The van der Waals surface area contributed by atoms with Gasteiger partial charge in [-0.25, -0.2) is 0 Å². The van der Waals surface area contributed by atoms with E-state index in [-0.39, 0.29) is 30.4 Å². The quantitative estimate of drug-likeness (QED) is 0.867. The van der Waals surface area contributed by atoms with Crippen LogP contribution in [0.3, 0.4) is 0 Å². The Balaban J connectivity index is 0.000000960. The maximum absolute atomic E-state index is 5.46. The van der Waals surface area contributed by atoms with E-state index in [1.807, 2.05) is 0 Å². The maximum atomic E-state index is 5.46. The van der Waals surface area contributed by atoms with Gasteiger partial charge in [-0.1, -0.05) is 0 Å². The molecule has 6 nitrogen and oxygen atoms in total. The first-order valence-corrected chi connectivity index (χ1v) is 8.27. The number of nitrogens with zero attached hydrogens (tertiary/aromatic N) is 4. The van der Waals surface area contributed by atoms with Gasteiger partial charge < -0.3 is 14.7 Å². The molecular weight excluding hydrogens is 337 g/mol. The Hall–Kier alpha value is -0.560. The molecule has 23 heavy (non-hydrogen) atoms. The molecule has 3 fully saturated rings. The van der Waals surface area contributed by atoms with Crippen LogP contribution in [-0.4, -0.2) is 60.4 Å². The van der Waals surface area contributed by atoms with E-state index in [2.05, 4.69) is 32.3 Å². The summed E-state index contributed by atoms with van der Waals surface area (Å²) < 4.78 is 5.46. The first-order valence-electron chi connectivity index (χ1n) is 8.27. The Morgan fingerprint density at radius 3 is 2.61 bits per heavy atom. The first-order chi connectivity index (χ1) is 10.3. The van der Waals surface area contributed by atoms with Crippen LogP contribution in [0.1, 0.15) is 43.9 Å². The van der Waals surface area contributed by atoms with E-state index in [4.69, 9.17) is 4.52 Å². The van der Waals surface area contributed by atoms with E-state index < -0.39 is 0 Å². The van der Waals surface area contributed by atoms with Crippen LogP contribution >= 0.6 is 24.8 Å².